The van der Waals surface area contributed by atoms with Crippen LogP contribution in [0, 0.1) is 11.7 Å². The molecule has 0 spiro atoms. The molecule has 2 aliphatic rings. The summed E-state index contributed by atoms with van der Waals surface area (Å²) < 4.78 is 77.9. The second kappa shape index (κ2) is 9.84. The van der Waals surface area contributed by atoms with Crippen LogP contribution in [0.5, 0.6) is 0 Å². The summed E-state index contributed by atoms with van der Waals surface area (Å²) in [6, 6.07) is 6.26. The van der Waals surface area contributed by atoms with Gasteiger partial charge < -0.3 is 10.2 Å². The molecular formula is C25H26F4N2O4S. The molecule has 1 aliphatic carbocycles. The number of hydrogen-bond acceptors (Lipinski definition) is 4. The van der Waals surface area contributed by atoms with Gasteiger partial charge in [0.05, 0.1) is 22.3 Å². The standard InChI is InChI=1S/C25H26F4N2O4S/c1-2-36(34,35)18-6-3-5-16(13-18)24(33)31-12-4-7-21(31)23(32)30-22(15-8-9-15)19-11-10-17(14-20(19)26)25(27,28)29/h3,5-6,10-11,13-15,21-22H,2,4,7-9,12H2,1H3,(H,30,32)/t21-,22-/m1/s1. The van der Waals surface area contributed by atoms with Crippen LogP contribution < -0.4 is 5.32 Å². The predicted octanol–water partition coefficient (Wildman–Crippen LogP) is 4.51. The van der Waals surface area contributed by atoms with E-state index in [4.69, 9.17) is 0 Å². The fraction of sp³-hybridized carbons (Fsp3) is 0.440. The molecule has 0 unspecified atom stereocenters. The zero-order valence-corrected chi connectivity index (χ0v) is 20.3. The van der Waals surface area contributed by atoms with Crippen molar-refractivity contribution in [3.05, 3.63) is 65.0 Å². The molecule has 36 heavy (non-hydrogen) atoms. The SMILES string of the molecule is CCS(=O)(=O)c1cccc(C(=O)N2CCC[C@@H]2C(=O)N[C@@H](c2ccc(C(F)(F)F)cc2F)C2CC2)c1. The lowest BCUT2D eigenvalue weighted by atomic mass is 9.99. The van der Waals surface area contributed by atoms with E-state index >= 15 is 0 Å². The summed E-state index contributed by atoms with van der Waals surface area (Å²) in [6.07, 6.45) is -2.40. The van der Waals surface area contributed by atoms with E-state index in [-0.39, 0.29) is 34.2 Å². The Labute approximate surface area is 206 Å². The summed E-state index contributed by atoms with van der Waals surface area (Å²) in [6.45, 7) is 1.78. The molecule has 2 atom stereocenters. The summed E-state index contributed by atoms with van der Waals surface area (Å²) in [5.41, 5.74) is -0.992. The number of halogens is 4. The Hall–Kier alpha value is -2.95. The van der Waals surface area contributed by atoms with Crippen LogP contribution in [-0.4, -0.2) is 43.5 Å². The van der Waals surface area contributed by atoms with E-state index in [1.54, 1.807) is 0 Å². The Morgan fingerprint density at radius 2 is 1.83 bits per heavy atom. The van der Waals surface area contributed by atoms with Crippen molar-refractivity contribution >= 4 is 21.7 Å². The van der Waals surface area contributed by atoms with Crippen molar-refractivity contribution in [3.63, 3.8) is 0 Å². The van der Waals surface area contributed by atoms with Crippen LogP contribution in [0.3, 0.4) is 0 Å². The van der Waals surface area contributed by atoms with Gasteiger partial charge in [0.25, 0.3) is 5.91 Å². The van der Waals surface area contributed by atoms with Gasteiger partial charge in [-0.05, 0) is 61.9 Å². The summed E-state index contributed by atoms with van der Waals surface area (Å²) in [5.74, 6) is -2.29. The third-order valence-corrected chi connectivity index (χ3v) is 8.42. The highest BCUT2D eigenvalue weighted by molar-refractivity contribution is 7.91. The van der Waals surface area contributed by atoms with Gasteiger partial charge in [0.1, 0.15) is 11.9 Å². The summed E-state index contributed by atoms with van der Waals surface area (Å²) in [4.78, 5) is 27.8. The fourth-order valence-electron chi connectivity index (χ4n) is 4.52. The van der Waals surface area contributed by atoms with Gasteiger partial charge in [0, 0.05) is 17.7 Å². The number of amides is 2. The molecule has 1 saturated carbocycles. The number of nitrogens with one attached hydrogen (secondary N) is 1. The van der Waals surface area contributed by atoms with Gasteiger partial charge in [-0.25, -0.2) is 12.8 Å². The van der Waals surface area contributed by atoms with Crippen LogP contribution in [-0.2, 0) is 20.8 Å². The molecule has 6 nitrogen and oxygen atoms in total. The van der Waals surface area contributed by atoms with E-state index in [9.17, 15) is 35.6 Å². The van der Waals surface area contributed by atoms with E-state index in [1.807, 2.05) is 0 Å². The fourth-order valence-corrected chi connectivity index (χ4v) is 5.45. The average molecular weight is 527 g/mol. The van der Waals surface area contributed by atoms with Crippen molar-refractivity contribution in [1.82, 2.24) is 10.2 Å². The van der Waals surface area contributed by atoms with Gasteiger partial charge in [-0.15, -0.1) is 0 Å². The molecule has 2 aromatic rings. The third kappa shape index (κ3) is 5.40. The number of nitrogens with zero attached hydrogens (tertiary/aromatic N) is 1. The van der Waals surface area contributed by atoms with Crippen molar-refractivity contribution in [2.45, 2.75) is 55.8 Å². The minimum atomic E-state index is -4.68. The minimum absolute atomic E-state index is 0.0163. The molecule has 0 bridgehead atoms. The number of sulfone groups is 1. The molecule has 2 fully saturated rings. The molecule has 1 saturated heterocycles. The molecule has 1 heterocycles. The molecule has 0 aromatic heterocycles. The molecule has 11 heteroatoms. The lowest BCUT2D eigenvalue weighted by molar-refractivity contribution is -0.137. The molecule has 194 valence electrons. The normalized spacial score (nSPS) is 19.2. The minimum Gasteiger partial charge on any atom is -0.347 e. The van der Waals surface area contributed by atoms with Crippen molar-refractivity contribution in [3.8, 4) is 0 Å². The second-order valence-electron chi connectivity index (χ2n) is 9.15. The monoisotopic (exact) mass is 526 g/mol. The van der Waals surface area contributed by atoms with Gasteiger partial charge in [0.15, 0.2) is 9.84 Å². The molecule has 2 aromatic carbocycles. The zero-order valence-electron chi connectivity index (χ0n) is 19.5. The van der Waals surface area contributed by atoms with Crippen molar-refractivity contribution in [2.75, 3.05) is 12.3 Å². The first-order valence-electron chi connectivity index (χ1n) is 11.7. The van der Waals surface area contributed by atoms with Gasteiger partial charge in [0.2, 0.25) is 5.91 Å². The maximum atomic E-state index is 14.7. The van der Waals surface area contributed by atoms with E-state index in [2.05, 4.69) is 5.32 Å². The molecular weight excluding hydrogens is 500 g/mol. The van der Waals surface area contributed by atoms with Crippen LogP contribution in [0.25, 0.3) is 0 Å². The van der Waals surface area contributed by atoms with Gasteiger partial charge in [-0.3, -0.25) is 9.59 Å². The predicted molar refractivity (Wildman–Crippen MR) is 123 cm³/mol. The summed E-state index contributed by atoms with van der Waals surface area (Å²) >= 11 is 0. The molecule has 1 aliphatic heterocycles. The number of likely N-dealkylation sites (tertiary alicyclic amines) is 1. The first kappa shape index (κ1) is 26.1. The van der Waals surface area contributed by atoms with E-state index < -0.39 is 51.3 Å². The Bertz CT molecular complexity index is 1280. The van der Waals surface area contributed by atoms with Crippen LogP contribution in [0.2, 0.25) is 0 Å². The number of rotatable bonds is 7. The molecule has 1 N–H and O–H groups in total. The lowest BCUT2D eigenvalue weighted by Crippen LogP contribution is -2.47. The maximum Gasteiger partial charge on any atom is 0.416 e. The van der Waals surface area contributed by atoms with Gasteiger partial charge in [-0.1, -0.05) is 19.1 Å². The Balaban J connectivity index is 1.54. The van der Waals surface area contributed by atoms with Crippen molar-refractivity contribution in [1.29, 1.82) is 0 Å². The van der Waals surface area contributed by atoms with Crippen LogP contribution >= 0.6 is 0 Å². The number of alkyl halides is 3. The second-order valence-corrected chi connectivity index (χ2v) is 11.4. The van der Waals surface area contributed by atoms with Crippen LogP contribution in [0.15, 0.2) is 47.4 Å². The Morgan fingerprint density at radius 1 is 1.11 bits per heavy atom. The highest BCUT2D eigenvalue weighted by Gasteiger charge is 2.40. The molecule has 0 radical (unpaired) electrons. The largest absolute Gasteiger partial charge is 0.416 e. The van der Waals surface area contributed by atoms with E-state index in [0.717, 1.165) is 12.1 Å². The first-order valence-corrected chi connectivity index (χ1v) is 13.4. The van der Waals surface area contributed by atoms with Gasteiger partial charge >= 0.3 is 6.18 Å². The average Bonchev–Trinajstić information content (AvgIpc) is 3.56. The Kier molecular flexibility index (Phi) is 7.14. The zero-order chi connectivity index (χ0) is 26.3. The highest BCUT2D eigenvalue weighted by atomic mass is 32.2. The maximum absolute atomic E-state index is 14.7. The smallest absolute Gasteiger partial charge is 0.347 e. The van der Waals surface area contributed by atoms with Crippen LogP contribution in [0.4, 0.5) is 17.6 Å². The van der Waals surface area contributed by atoms with Crippen molar-refractivity contribution in [2.24, 2.45) is 5.92 Å². The van der Waals surface area contributed by atoms with Crippen LogP contribution in [0.1, 0.15) is 60.1 Å². The highest BCUT2D eigenvalue weighted by Crippen LogP contribution is 2.43. The number of carbonyl (C=O) groups is 2. The third-order valence-electron chi connectivity index (χ3n) is 6.69. The summed E-state index contributed by atoms with van der Waals surface area (Å²) in [5, 5.41) is 2.77. The quantitative estimate of drug-likeness (QED) is 0.539. The number of hydrogen-bond donors (Lipinski definition) is 1. The first-order chi connectivity index (χ1) is 16.9. The van der Waals surface area contributed by atoms with Crippen molar-refractivity contribution < 1.29 is 35.6 Å². The number of benzene rings is 2. The summed E-state index contributed by atoms with van der Waals surface area (Å²) in [7, 11) is -3.53. The van der Waals surface area contributed by atoms with E-state index in [0.29, 0.717) is 31.7 Å². The molecule has 2 amide bonds. The Morgan fingerprint density at radius 3 is 2.44 bits per heavy atom. The topological polar surface area (TPSA) is 83.6 Å². The van der Waals surface area contributed by atoms with Gasteiger partial charge in [-0.2, -0.15) is 13.2 Å². The lowest BCUT2D eigenvalue weighted by Gasteiger charge is -2.27. The number of carbonyl (C=O) groups excluding carboxylic acids is 2. The molecule has 4 rings (SSSR count). The van der Waals surface area contributed by atoms with E-state index in [1.165, 1.54) is 36.1 Å².